The van der Waals surface area contributed by atoms with Crippen LogP contribution in [0, 0.1) is 23.4 Å². The molecule has 1 aliphatic heterocycles. The number of aromatic amines is 1. The van der Waals surface area contributed by atoms with Crippen LogP contribution in [0.15, 0.2) is 36.4 Å². The maximum absolute atomic E-state index is 14.5. The third-order valence-corrected chi connectivity index (χ3v) is 6.63. The average molecular weight is 443 g/mol. The number of hydrogen-bond donors (Lipinski definition) is 4. The van der Waals surface area contributed by atoms with Gasteiger partial charge in [-0.15, -0.1) is 0 Å². The Labute approximate surface area is 183 Å². The summed E-state index contributed by atoms with van der Waals surface area (Å²) < 4.78 is 41.9. The van der Waals surface area contributed by atoms with Gasteiger partial charge in [0.1, 0.15) is 17.5 Å². The van der Waals surface area contributed by atoms with Gasteiger partial charge in [0.25, 0.3) is 0 Å². The Hall–Kier alpha value is -2.84. The van der Waals surface area contributed by atoms with Crippen molar-refractivity contribution in [3.05, 3.63) is 59.4 Å². The van der Waals surface area contributed by atoms with Crippen LogP contribution in [0.25, 0.3) is 22.2 Å². The fourth-order valence-corrected chi connectivity index (χ4v) is 4.93. The highest BCUT2D eigenvalue weighted by Crippen LogP contribution is 2.48. The molecule has 0 spiro atoms. The van der Waals surface area contributed by atoms with E-state index in [0.717, 1.165) is 24.5 Å². The van der Waals surface area contributed by atoms with Crippen LogP contribution in [0.1, 0.15) is 30.7 Å². The van der Waals surface area contributed by atoms with E-state index >= 15 is 0 Å². The Bertz CT molecular complexity index is 1160. The van der Waals surface area contributed by atoms with Crippen molar-refractivity contribution >= 4 is 16.8 Å². The first-order chi connectivity index (χ1) is 15.4. The second-order valence-corrected chi connectivity index (χ2v) is 8.86. The number of carbonyl (C=O) groups excluding carboxylic acids is 1. The number of halogens is 3. The molecule has 1 aromatic heterocycles. The predicted molar refractivity (Wildman–Crippen MR) is 114 cm³/mol. The highest BCUT2D eigenvalue weighted by atomic mass is 19.1. The summed E-state index contributed by atoms with van der Waals surface area (Å²) in [5.41, 5.74) is 2.44. The Balaban J connectivity index is 1.35. The lowest BCUT2D eigenvalue weighted by Crippen LogP contribution is -2.43. The normalized spacial score (nSPS) is 25.1. The van der Waals surface area contributed by atoms with Crippen molar-refractivity contribution in [1.29, 1.82) is 0 Å². The van der Waals surface area contributed by atoms with Gasteiger partial charge in [-0.2, -0.15) is 0 Å². The third kappa shape index (κ3) is 3.89. The summed E-state index contributed by atoms with van der Waals surface area (Å²) in [6.45, 7) is 0.935. The van der Waals surface area contributed by atoms with E-state index in [1.807, 2.05) is 0 Å². The van der Waals surface area contributed by atoms with Gasteiger partial charge in [0.05, 0.1) is 23.4 Å². The number of amides is 1. The van der Waals surface area contributed by atoms with Gasteiger partial charge in [-0.3, -0.25) is 4.79 Å². The molecule has 32 heavy (non-hydrogen) atoms. The van der Waals surface area contributed by atoms with E-state index in [9.17, 15) is 23.1 Å². The minimum atomic E-state index is -0.663. The van der Waals surface area contributed by atoms with Gasteiger partial charge in [-0.25, -0.2) is 13.2 Å². The molecule has 2 heterocycles. The maximum Gasteiger partial charge on any atom is 0.237 e. The number of benzene rings is 2. The van der Waals surface area contributed by atoms with E-state index in [1.165, 1.54) is 18.2 Å². The molecule has 2 atom stereocenters. The summed E-state index contributed by atoms with van der Waals surface area (Å²) in [6, 6.07) is 7.75. The fourth-order valence-electron chi connectivity index (χ4n) is 4.93. The molecule has 3 aromatic rings. The van der Waals surface area contributed by atoms with Crippen LogP contribution >= 0.6 is 0 Å². The van der Waals surface area contributed by atoms with Crippen molar-refractivity contribution in [3.63, 3.8) is 0 Å². The van der Waals surface area contributed by atoms with Gasteiger partial charge in [-0.1, -0.05) is 0 Å². The molecule has 5 nitrogen and oxygen atoms in total. The standard InChI is InChI=1S/C24H24F3N3O2/c25-15-3-1-13(2-4-15)22-21(18-7-16(26)8-19(27)23(18)30-22)14-5-12(6-14)10-29-24(32)20-9-17(31)11-28-20/h1-4,7-8,12,14,17,20,28,30-31H,5-6,9-11H2,(H,29,32)/t12?,14?,17-,20-/m1/s1. The molecule has 168 valence electrons. The van der Waals surface area contributed by atoms with Crippen LogP contribution in [0.5, 0.6) is 0 Å². The molecule has 1 aliphatic carbocycles. The topological polar surface area (TPSA) is 77.2 Å². The van der Waals surface area contributed by atoms with Crippen LogP contribution in [0.2, 0.25) is 0 Å². The van der Waals surface area contributed by atoms with Crippen molar-refractivity contribution in [3.8, 4) is 11.3 Å². The molecule has 1 saturated heterocycles. The van der Waals surface area contributed by atoms with Gasteiger partial charge in [0.15, 0.2) is 0 Å². The van der Waals surface area contributed by atoms with E-state index in [1.54, 1.807) is 12.1 Å². The number of fused-ring (bicyclic) bond motifs is 1. The van der Waals surface area contributed by atoms with Gasteiger partial charge < -0.3 is 20.7 Å². The Morgan fingerprint density at radius 2 is 1.81 bits per heavy atom. The lowest BCUT2D eigenvalue weighted by Gasteiger charge is -2.36. The Morgan fingerprint density at radius 1 is 1.06 bits per heavy atom. The SMILES string of the molecule is O=C(NCC1CC(c2c(-c3ccc(F)cc3)[nH]c3c(F)cc(F)cc23)C1)[C@H]1C[C@@H](O)CN1. The molecular weight excluding hydrogens is 419 g/mol. The van der Waals surface area contributed by atoms with Crippen LogP contribution in [0.3, 0.4) is 0 Å². The first-order valence-corrected chi connectivity index (χ1v) is 10.8. The van der Waals surface area contributed by atoms with Crippen molar-refractivity contribution in [2.75, 3.05) is 13.1 Å². The summed E-state index contributed by atoms with van der Waals surface area (Å²) in [5.74, 6) is -1.47. The number of aliphatic hydroxyl groups excluding tert-OH is 1. The molecule has 8 heteroatoms. The van der Waals surface area contributed by atoms with E-state index in [4.69, 9.17) is 0 Å². The number of β-amino-alcohol motifs (C(OH)–C–C–N with tert-alkyl or cyclic N) is 1. The molecule has 0 radical (unpaired) electrons. The second-order valence-electron chi connectivity index (χ2n) is 8.86. The number of nitrogens with one attached hydrogen (secondary N) is 3. The van der Waals surface area contributed by atoms with Crippen molar-refractivity contribution in [2.45, 2.75) is 37.3 Å². The van der Waals surface area contributed by atoms with Crippen molar-refractivity contribution in [1.82, 2.24) is 15.6 Å². The lowest BCUT2D eigenvalue weighted by atomic mass is 9.70. The quantitative estimate of drug-likeness (QED) is 0.487. The number of rotatable bonds is 5. The smallest absolute Gasteiger partial charge is 0.237 e. The van der Waals surface area contributed by atoms with Crippen LogP contribution < -0.4 is 10.6 Å². The van der Waals surface area contributed by atoms with E-state index in [0.29, 0.717) is 36.2 Å². The summed E-state index contributed by atoms with van der Waals surface area (Å²) in [7, 11) is 0. The first kappa shape index (κ1) is 21.0. The zero-order valence-electron chi connectivity index (χ0n) is 17.3. The largest absolute Gasteiger partial charge is 0.392 e. The van der Waals surface area contributed by atoms with Gasteiger partial charge in [0, 0.05) is 24.5 Å². The number of hydrogen-bond acceptors (Lipinski definition) is 3. The maximum atomic E-state index is 14.5. The predicted octanol–water partition coefficient (Wildman–Crippen LogP) is 3.58. The number of H-pyrrole nitrogens is 1. The van der Waals surface area contributed by atoms with Crippen molar-refractivity contribution in [2.24, 2.45) is 5.92 Å². The fraction of sp³-hybridized carbons (Fsp3) is 0.375. The minimum absolute atomic E-state index is 0.0679. The highest BCUT2D eigenvalue weighted by molar-refractivity contribution is 5.92. The molecule has 1 saturated carbocycles. The molecule has 0 unspecified atom stereocenters. The third-order valence-electron chi connectivity index (χ3n) is 6.63. The zero-order valence-corrected chi connectivity index (χ0v) is 17.3. The zero-order chi connectivity index (χ0) is 22.4. The highest BCUT2D eigenvalue weighted by Gasteiger charge is 2.35. The minimum Gasteiger partial charge on any atom is -0.392 e. The monoisotopic (exact) mass is 443 g/mol. The molecular formula is C24H24F3N3O2. The average Bonchev–Trinajstić information content (AvgIpc) is 3.32. The molecule has 0 bridgehead atoms. The molecule has 2 fully saturated rings. The Kier molecular flexibility index (Phi) is 5.43. The molecule has 2 aliphatic rings. The summed E-state index contributed by atoms with van der Waals surface area (Å²) in [6.07, 6.45) is 1.44. The van der Waals surface area contributed by atoms with E-state index in [2.05, 4.69) is 15.6 Å². The van der Waals surface area contributed by atoms with Gasteiger partial charge in [0.2, 0.25) is 5.91 Å². The molecule has 2 aromatic carbocycles. The molecule has 5 rings (SSSR count). The molecule has 4 N–H and O–H groups in total. The van der Waals surface area contributed by atoms with Gasteiger partial charge in [-0.05, 0) is 72.6 Å². The second kappa shape index (κ2) is 8.26. The van der Waals surface area contributed by atoms with Crippen LogP contribution in [-0.4, -0.2) is 41.2 Å². The summed E-state index contributed by atoms with van der Waals surface area (Å²) in [5, 5.41) is 16.0. The lowest BCUT2D eigenvalue weighted by molar-refractivity contribution is -0.123. The van der Waals surface area contributed by atoms with E-state index in [-0.39, 0.29) is 35.1 Å². The van der Waals surface area contributed by atoms with Crippen LogP contribution in [-0.2, 0) is 4.79 Å². The molecule has 1 amide bonds. The first-order valence-electron chi connectivity index (χ1n) is 10.8. The summed E-state index contributed by atoms with van der Waals surface area (Å²) in [4.78, 5) is 15.3. The van der Waals surface area contributed by atoms with Crippen molar-refractivity contribution < 1.29 is 23.1 Å². The van der Waals surface area contributed by atoms with Gasteiger partial charge >= 0.3 is 0 Å². The Morgan fingerprint density at radius 3 is 2.50 bits per heavy atom. The number of aliphatic hydroxyl groups is 1. The number of aromatic nitrogens is 1. The summed E-state index contributed by atoms with van der Waals surface area (Å²) >= 11 is 0. The number of carbonyl (C=O) groups is 1. The van der Waals surface area contributed by atoms with E-state index < -0.39 is 17.7 Å². The van der Waals surface area contributed by atoms with Crippen LogP contribution in [0.4, 0.5) is 13.2 Å².